The second-order valence-electron chi connectivity index (χ2n) is 9.14. The van der Waals surface area contributed by atoms with Gasteiger partial charge in [0.25, 0.3) is 11.7 Å². The monoisotopic (exact) mass is 559 g/mol. The van der Waals surface area contributed by atoms with Crippen LogP contribution in [0.4, 0.5) is 5.69 Å². The fraction of sp³-hybridized carbons (Fsp3) is 0.231. The number of H-pyrrole nitrogens is 1. The first-order valence-corrected chi connectivity index (χ1v) is 13.4. The molecule has 0 radical (unpaired) electrons. The van der Waals surface area contributed by atoms with Gasteiger partial charge in [-0.2, -0.15) is 0 Å². The number of aromatic amines is 1. The molecule has 1 amide bonds. The number of piperazine rings is 1. The number of Topliss-reactive ketones (excluding diaryl/α,β-unsaturated/α-hetero) is 2. The fourth-order valence-corrected chi connectivity index (χ4v) is 5.46. The Morgan fingerprint density at radius 3 is 2.55 bits per heavy atom. The Morgan fingerprint density at radius 1 is 1.07 bits per heavy atom. The van der Waals surface area contributed by atoms with Gasteiger partial charge in [-0.25, -0.2) is 20.5 Å². The molecule has 14 heteroatoms. The second kappa shape index (κ2) is 10.4. The van der Waals surface area contributed by atoms with Crippen molar-refractivity contribution in [2.75, 3.05) is 38.3 Å². The van der Waals surface area contributed by atoms with E-state index in [1.54, 1.807) is 10.3 Å². The van der Waals surface area contributed by atoms with Gasteiger partial charge in [-0.3, -0.25) is 14.4 Å². The second-order valence-corrected chi connectivity index (χ2v) is 9.99. The maximum absolute atomic E-state index is 13.5. The molecule has 1 fully saturated rings. The topological polar surface area (TPSA) is 148 Å². The molecular weight excluding hydrogens is 534 g/mol. The number of guanidine groups is 1. The minimum absolute atomic E-state index is 0.144. The number of ether oxygens (including phenoxy) is 1. The number of thiazole rings is 1. The van der Waals surface area contributed by atoms with Gasteiger partial charge < -0.3 is 19.5 Å². The molecule has 3 N–H and O–H groups in total. The third kappa shape index (κ3) is 4.42. The molecule has 6 rings (SSSR count). The number of anilines is 1. The lowest BCUT2D eigenvalue weighted by atomic mass is 10.1. The van der Waals surface area contributed by atoms with Crippen molar-refractivity contribution in [3.8, 4) is 17.1 Å². The summed E-state index contributed by atoms with van der Waals surface area (Å²) in [4.78, 5) is 54.1. The zero-order chi connectivity index (χ0) is 27.8. The van der Waals surface area contributed by atoms with Gasteiger partial charge in [0.15, 0.2) is 10.8 Å². The van der Waals surface area contributed by atoms with Crippen molar-refractivity contribution < 1.29 is 19.1 Å². The van der Waals surface area contributed by atoms with E-state index in [-0.39, 0.29) is 11.3 Å². The summed E-state index contributed by atoms with van der Waals surface area (Å²) in [7, 11) is 1.48. The summed E-state index contributed by atoms with van der Waals surface area (Å²) in [5.41, 5.74) is 8.35. The maximum Gasteiger partial charge on any atom is 0.295 e. The van der Waals surface area contributed by atoms with Gasteiger partial charge in [-0.1, -0.05) is 18.2 Å². The summed E-state index contributed by atoms with van der Waals surface area (Å²) < 4.78 is 5.49. The molecule has 0 aliphatic carbocycles. The number of hydrazine groups is 2. The minimum atomic E-state index is -0.648. The largest absolute Gasteiger partial charge is 0.494 e. The van der Waals surface area contributed by atoms with Crippen LogP contribution in [0.25, 0.3) is 22.3 Å². The molecule has 2 aliphatic heterocycles. The molecular formula is C26H25N9O4S. The molecule has 0 bridgehead atoms. The molecule has 0 spiro atoms. The van der Waals surface area contributed by atoms with E-state index in [2.05, 4.69) is 31.1 Å². The standard InChI is InChI=1S/C26H25N9O4S/c1-15(36)24-29-18(14-40-24)21-22-20(19(39-2)13-28-21)17(12-27-22)23(37)25(38)33-8-10-34(11-9-33)26-30-31-32-35(26)16-6-4-3-5-7-16/h3-7,12-14,27,31-32H,8-11H2,1-2H3. The number of hydrogen-bond donors (Lipinski definition) is 3. The molecule has 3 aromatic heterocycles. The van der Waals surface area contributed by atoms with Crippen molar-refractivity contribution in [1.82, 2.24) is 35.8 Å². The van der Waals surface area contributed by atoms with Crippen LogP contribution in [0.15, 0.2) is 53.2 Å². The van der Waals surface area contributed by atoms with Crippen LogP contribution in [-0.4, -0.2) is 81.5 Å². The number of amides is 1. The van der Waals surface area contributed by atoms with Crippen LogP contribution in [0, 0.1) is 0 Å². The van der Waals surface area contributed by atoms with Gasteiger partial charge in [0, 0.05) is 44.7 Å². The third-order valence-electron chi connectivity index (χ3n) is 6.76. The highest BCUT2D eigenvalue weighted by Crippen LogP contribution is 2.35. The van der Waals surface area contributed by atoms with E-state index >= 15 is 0 Å². The predicted molar refractivity (Wildman–Crippen MR) is 149 cm³/mol. The lowest BCUT2D eigenvalue weighted by Gasteiger charge is -2.37. The number of benzene rings is 1. The smallest absolute Gasteiger partial charge is 0.295 e. The van der Waals surface area contributed by atoms with Crippen LogP contribution >= 0.6 is 11.3 Å². The number of rotatable bonds is 6. The lowest BCUT2D eigenvalue weighted by molar-refractivity contribution is -0.127. The molecule has 13 nitrogen and oxygen atoms in total. The Kier molecular flexibility index (Phi) is 6.61. The van der Waals surface area contributed by atoms with E-state index in [1.807, 2.05) is 40.2 Å². The highest BCUT2D eigenvalue weighted by Gasteiger charge is 2.33. The fourth-order valence-electron chi connectivity index (χ4n) is 4.75. The van der Waals surface area contributed by atoms with Gasteiger partial charge in [0.2, 0.25) is 5.96 Å². The van der Waals surface area contributed by atoms with E-state index in [9.17, 15) is 14.4 Å². The molecule has 2 aliphatic rings. The Bertz CT molecular complexity index is 1640. The SMILES string of the molecule is COc1cnc(-c2csc(C(C)=O)n2)c2[nH]cc(C(=O)C(=O)N3CCN(C4=NNNN4c4ccccc4)CC3)c12. The molecule has 40 heavy (non-hydrogen) atoms. The summed E-state index contributed by atoms with van der Waals surface area (Å²) in [6.45, 7) is 3.15. The summed E-state index contributed by atoms with van der Waals surface area (Å²) in [6.07, 6.45) is 2.98. The average molecular weight is 560 g/mol. The van der Waals surface area contributed by atoms with Gasteiger partial charge in [0.05, 0.1) is 35.5 Å². The van der Waals surface area contributed by atoms with Gasteiger partial charge in [-0.15, -0.1) is 22.0 Å². The predicted octanol–water partition coefficient (Wildman–Crippen LogP) is 2.02. The minimum Gasteiger partial charge on any atom is -0.494 e. The van der Waals surface area contributed by atoms with Crippen molar-refractivity contribution in [2.24, 2.45) is 5.10 Å². The number of methoxy groups -OCH3 is 1. The zero-order valence-corrected chi connectivity index (χ0v) is 22.5. The number of hydrogen-bond acceptors (Lipinski definition) is 12. The lowest BCUT2D eigenvalue weighted by Crippen LogP contribution is -2.56. The van der Waals surface area contributed by atoms with Crippen LogP contribution < -0.4 is 20.8 Å². The summed E-state index contributed by atoms with van der Waals surface area (Å²) in [5, 5.41) is 8.71. The number of fused-ring (bicyclic) bond motifs is 1. The number of hydrazone groups is 1. The average Bonchev–Trinajstić information content (AvgIpc) is 3.76. The summed E-state index contributed by atoms with van der Waals surface area (Å²) >= 11 is 1.22. The number of nitrogens with zero attached hydrogens (tertiary/aromatic N) is 6. The molecule has 0 atom stereocenters. The van der Waals surface area contributed by atoms with E-state index in [1.165, 1.54) is 37.8 Å². The van der Waals surface area contributed by atoms with E-state index in [0.717, 1.165) is 5.69 Å². The summed E-state index contributed by atoms with van der Waals surface area (Å²) in [6, 6.07) is 9.74. The van der Waals surface area contributed by atoms with E-state index < -0.39 is 11.7 Å². The highest BCUT2D eigenvalue weighted by atomic mass is 32.1. The van der Waals surface area contributed by atoms with Crippen LogP contribution in [0.2, 0.25) is 0 Å². The first kappa shape index (κ1) is 25.5. The van der Waals surface area contributed by atoms with Crippen LogP contribution in [0.5, 0.6) is 5.75 Å². The summed E-state index contributed by atoms with van der Waals surface area (Å²) in [5.74, 6) is -0.359. The molecule has 0 saturated carbocycles. The van der Waals surface area contributed by atoms with Crippen molar-refractivity contribution >= 4 is 51.4 Å². The van der Waals surface area contributed by atoms with Crippen LogP contribution in [0.3, 0.4) is 0 Å². The molecule has 1 aromatic carbocycles. The number of para-hydroxylation sites is 1. The van der Waals surface area contributed by atoms with Gasteiger partial charge in [0.1, 0.15) is 17.1 Å². The molecule has 1 saturated heterocycles. The molecule has 5 heterocycles. The van der Waals surface area contributed by atoms with Crippen LogP contribution in [-0.2, 0) is 4.79 Å². The number of ketones is 2. The number of pyridine rings is 1. The first-order valence-electron chi connectivity index (χ1n) is 12.5. The number of nitrogens with one attached hydrogen (secondary N) is 3. The Labute approximate surface area is 232 Å². The third-order valence-corrected chi connectivity index (χ3v) is 7.71. The van der Waals surface area contributed by atoms with Gasteiger partial charge in [-0.05, 0) is 12.1 Å². The Morgan fingerprint density at radius 2 is 1.85 bits per heavy atom. The Balaban J connectivity index is 1.21. The highest BCUT2D eigenvalue weighted by molar-refractivity contribution is 7.12. The number of carbonyl (C=O) groups excluding carboxylic acids is 3. The van der Waals surface area contributed by atoms with Crippen LogP contribution in [0.1, 0.15) is 27.1 Å². The maximum atomic E-state index is 13.5. The van der Waals surface area contributed by atoms with E-state index in [0.29, 0.717) is 65.2 Å². The first-order chi connectivity index (χ1) is 19.5. The molecule has 0 unspecified atom stereocenters. The van der Waals surface area contributed by atoms with Crippen molar-refractivity contribution in [3.05, 3.63) is 58.7 Å². The van der Waals surface area contributed by atoms with Crippen molar-refractivity contribution in [3.63, 3.8) is 0 Å². The quantitative estimate of drug-likeness (QED) is 0.237. The van der Waals surface area contributed by atoms with E-state index in [4.69, 9.17) is 4.74 Å². The van der Waals surface area contributed by atoms with Gasteiger partial charge >= 0.3 is 0 Å². The normalized spacial score (nSPS) is 15.2. The molecule has 4 aromatic rings. The molecule has 204 valence electrons. The number of carbonyl (C=O) groups is 3. The Hall–Kier alpha value is -4.82. The van der Waals surface area contributed by atoms with Crippen molar-refractivity contribution in [2.45, 2.75) is 6.92 Å². The zero-order valence-electron chi connectivity index (χ0n) is 21.7. The van der Waals surface area contributed by atoms with Crippen molar-refractivity contribution in [1.29, 1.82) is 0 Å². The number of aromatic nitrogens is 3.